The first kappa shape index (κ1) is 17.3. The Morgan fingerprint density at radius 3 is 2.29 bits per heavy atom. The van der Waals surface area contributed by atoms with E-state index in [2.05, 4.69) is 0 Å². The second-order valence-electron chi connectivity index (χ2n) is 5.73. The van der Waals surface area contributed by atoms with Crippen LogP contribution in [0.2, 0.25) is 0 Å². The molecule has 0 bridgehead atoms. The lowest BCUT2D eigenvalue weighted by Crippen LogP contribution is -2.50. The molecule has 7 nitrogen and oxygen atoms in total. The molecule has 0 radical (unpaired) electrons. The predicted molar refractivity (Wildman–Crippen MR) is 77.6 cm³/mol. The molecule has 1 saturated heterocycles. The lowest BCUT2D eigenvalue weighted by atomic mass is 9.96. The third-order valence-electron chi connectivity index (χ3n) is 3.83. The highest BCUT2D eigenvalue weighted by Gasteiger charge is 2.29. The van der Waals surface area contributed by atoms with Gasteiger partial charge in [-0.25, -0.2) is 4.79 Å². The van der Waals surface area contributed by atoms with Crippen LogP contribution in [0.3, 0.4) is 0 Å². The Morgan fingerprint density at radius 1 is 1.29 bits per heavy atom. The molecule has 3 N–H and O–H groups in total. The molecule has 7 heteroatoms. The molecule has 3 amide bonds. The van der Waals surface area contributed by atoms with E-state index in [1.807, 2.05) is 13.8 Å². The number of carboxylic acid groups (broad SMARTS) is 1. The molecule has 0 saturated carbocycles. The molecule has 120 valence electrons. The number of likely N-dealkylation sites (tertiary alicyclic amines) is 1. The number of rotatable bonds is 6. The summed E-state index contributed by atoms with van der Waals surface area (Å²) in [6, 6.07) is -0.0709. The Morgan fingerprint density at radius 2 is 1.86 bits per heavy atom. The SMILES string of the molecule is CC(C)N(CCCC(=O)O)C(=O)N1CCC(C(N)=O)CC1. The van der Waals surface area contributed by atoms with Crippen molar-refractivity contribution in [1.82, 2.24) is 9.80 Å². The number of carbonyl (C=O) groups excluding carboxylic acids is 2. The Bertz CT molecular complexity index is 390. The number of carbonyl (C=O) groups is 3. The van der Waals surface area contributed by atoms with Gasteiger partial charge in [-0.2, -0.15) is 0 Å². The van der Waals surface area contributed by atoms with Gasteiger partial charge in [-0.3, -0.25) is 9.59 Å². The lowest BCUT2D eigenvalue weighted by Gasteiger charge is -2.36. The minimum absolute atomic E-state index is 0.0140. The summed E-state index contributed by atoms with van der Waals surface area (Å²) in [7, 11) is 0. The smallest absolute Gasteiger partial charge is 0.320 e. The molecule has 0 aromatic carbocycles. The fourth-order valence-electron chi connectivity index (χ4n) is 2.51. The van der Waals surface area contributed by atoms with E-state index in [-0.39, 0.29) is 30.3 Å². The average Bonchev–Trinajstić information content (AvgIpc) is 2.42. The number of amides is 3. The molecule has 1 heterocycles. The van der Waals surface area contributed by atoms with Crippen molar-refractivity contribution in [3.05, 3.63) is 0 Å². The van der Waals surface area contributed by atoms with Gasteiger partial charge in [0.05, 0.1) is 0 Å². The van der Waals surface area contributed by atoms with Gasteiger partial charge in [0.2, 0.25) is 5.91 Å². The van der Waals surface area contributed by atoms with Crippen LogP contribution in [0.15, 0.2) is 0 Å². The van der Waals surface area contributed by atoms with Crippen LogP contribution in [0.25, 0.3) is 0 Å². The normalized spacial score (nSPS) is 16.0. The van der Waals surface area contributed by atoms with E-state index >= 15 is 0 Å². The van der Waals surface area contributed by atoms with Crippen LogP contribution < -0.4 is 5.73 Å². The zero-order chi connectivity index (χ0) is 16.0. The highest BCUT2D eigenvalue weighted by molar-refractivity contribution is 5.78. The van der Waals surface area contributed by atoms with Gasteiger partial charge in [0, 0.05) is 38.0 Å². The number of nitrogens with two attached hydrogens (primary N) is 1. The van der Waals surface area contributed by atoms with Gasteiger partial charge >= 0.3 is 12.0 Å². The molecular weight excluding hydrogens is 274 g/mol. The van der Waals surface area contributed by atoms with Crippen LogP contribution in [0.1, 0.15) is 39.5 Å². The van der Waals surface area contributed by atoms with Gasteiger partial charge in [-0.1, -0.05) is 0 Å². The second kappa shape index (κ2) is 7.85. The van der Waals surface area contributed by atoms with Crippen molar-refractivity contribution in [2.45, 2.75) is 45.6 Å². The van der Waals surface area contributed by atoms with Crippen LogP contribution in [0, 0.1) is 5.92 Å². The lowest BCUT2D eigenvalue weighted by molar-refractivity contribution is -0.137. The van der Waals surface area contributed by atoms with Crippen molar-refractivity contribution in [1.29, 1.82) is 0 Å². The molecule has 1 aliphatic rings. The molecule has 1 rings (SSSR count). The summed E-state index contributed by atoms with van der Waals surface area (Å²) in [5.41, 5.74) is 5.28. The Balaban J connectivity index is 2.53. The Hall–Kier alpha value is -1.79. The van der Waals surface area contributed by atoms with Crippen molar-refractivity contribution >= 4 is 17.9 Å². The minimum Gasteiger partial charge on any atom is -0.481 e. The maximum Gasteiger partial charge on any atom is 0.320 e. The maximum atomic E-state index is 12.5. The minimum atomic E-state index is -0.853. The first-order chi connectivity index (χ1) is 9.82. The molecule has 0 spiro atoms. The summed E-state index contributed by atoms with van der Waals surface area (Å²) in [4.78, 5) is 37.6. The van der Waals surface area contributed by atoms with E-state index < -0.39 is 5.97 Å². The van der Waals surface area contributed by atoms with Crippen molar-refractivity contribution in [2.75, 3.05) is 19.6 Å². The van der Waals surface area contributed by atoms with Gasteiger partial charge < -0.3 is 20.6 Å². The van der Waals surface area contributed by atoms with Crippen molar-refractivity contribution in [3.63, 3.8) is 0 Å². The molecule has 1 aliphatic heterocycles. The number of aliphatic carboxylic acids is 1. The number of primary amides is 1. The Labute approximate surface area is 125 Å². The van der Waals surface area contributed by atoms with E-state index in [9.17, 15) is 14.4 Å². The van der Waals surface area contributed by atoms with Gasteiger partial charge in [0.1, 0.15) is 0 Å². The van der Waals surface area contributed by atoms with E-state index in [1.54, 1.807) is 9.80 Å². The number of urea groups is 1. The average molecular weight is 299 g/mol. The number of nitrogens with zero attached hydrogens (tertiary/aromatic N) is 2. The van der Waals surface area contributed by atoms with Gasteiger partial charge in [-0.05, 0) is 33.1 Å². The van der Waals surface area contributed by atoms with E-state index in [4.69, 9.17) is 10.8 Å². The summed E-state index contributed by atoms with van der Waals surface area (Å²) in [5.74, 6) is -1.30. The largest absolute Gasteiger partial charge is 0.481 e. The first-order valence-electron chi connectivity index (χ1n) is 7.39. The van der Waals surface area contributed by atoms with Crippen molar-refractivity contribution < 1.29 is 19.5 Å². The number of hydrogen-bond acceptors (Lipinski definition) is 3. The molecule has 0 atom stereocenters. The molecular formula is C14H25N3O4. The third kappa shape index (κ3) is 5.24. The van der Waals surface area contributed by atoms with E-state index in [0.717, 1.165) is 0 Å². The topological polar surface area (TPSA) is 104 Å². The standard InChI is InChI=1S/C14H25N3O4/c1-10(2)17(7-3-4-12(18)19)14(21)16-8-5-11(6-9-16)13(15)20/h10-11H,3-9H2,1-2H3,(H2,15,20)(H,18,19). The van der Waals surface area contributed by atoms with Crippen LogP contribution in [-0.2, 0) is 9.59 Å². The van der Waals surface area contributed by atoms with Crippen LogP contribution >= 0.6 is 0 Å². The third-order valence-corrected chi connectivity index (χ3v) is 3.83. The van der Waals surface area contributed by atoms with E-state index in [1.165, 1.54) is 0 Å². The monoisotopic (exact) mass is 299 g/mol. The van der Waals surface area contributed by atoms with Crippen LogP contribution in [0.4, 0.5) is 4.79 Å². The van der Waals surface area contributed by atoms with Crippen molar-refractivity contribution in [2.24, 2.45) is 11.7 Å². The van der Waals surface area contributed by atoms with Crippen LogP contribution in [0.5, 0.6) is 0 Å². The molecule has 0 aromatic rings. The predicted octanol–water partition coefficient (Wildman–Crippen LogP) is 0.879. The molecule has 0 unspecified atom stereocenters. The second-order valence-corrected chi connectivity index (χ2v) is 5.73. The fourth-order valence-corrected chi connectivity index (χ4v) is 2.51. The number of hydrogen-bond donors (Lipinski definition) is 2. The van der Waals surface area contributed by atoms with Gasteiger partial charge in [-0.15, -0.1) is 0 Å². The van der Waals surface area contributed by atoms with Gasteiger partial charge in [0.15, 0.2) is 0 Å². The highest BCUT2D eigenvalue weighted by atomic mass is 16.4. The highest BCUT2D eigenvalue weighted by Crippen LogP contribution is 2.19. The summed E-state index contributed by atoms with van der Waals surface area (Å²) in [5, 5.41) is 8.68. The first-order valence-corrected chi connectivity index (χ1v) is 7.39. The number of carboxylic acids is 1. The molecule has 1 fully saturated rings. The summed E-state index contributed by atoms with van der Waals surface area (Å²) in [6.45, 7) is 5.30. The Kier molecular flexibility index (Phi) is 6.45. The van der Waals surface area contributed by atoms with Crippen molar-refractivity contribution in [3.8, 4) is 0 Å². The molecule has 0 aliphatic carbocycles. The fraction of sp³-hybridized carbons (Fsp3) is 0.786. The maximum absolute atomic E-state index is 12.5. The zero-order valence-corrected chi connectivity index (χ0v) is 12.7. The van der Waals surface area contributed by atoms with E-state index in [0.29, 0.717) is 38.9 Å². The summed E-state index contributed by atoms with van der Waals surface area (Å²) in [6.07, 6.45) is 1.70. The summed E-state index contributed by atoms with van der Waals surface area (Å²) < 4.78 is 0. The van der Waals surface area contributed by atoms with Gasteiger partial charge in [0.25, 0.3) is 0 Å². The number of piperidine rings is 1. The molecule has 0 aromatic heterocycles. The summed E-state index contributed by atoms with van der Waals surface area (Å²) >= 11 is 0. The zero-order valence-electron chi connectivity index (χ0n) is 12.7. The quantitative estimate of drug-likeness (QED) is 0.759. The molecule has 21 heavy (non-hydrogen) atoms. The van der Waals surface area contributed by atoms with Crippen LogP contribution in [-0.4, -0.2) is 58.5 Å².